The molecule has 4 aliphatic carbocycles. The summed E-state index contributed by atoms with van der Waals surface area (Å²) in [5.41, 5.74) is 2.17. The molecule has 1 unspecified atom stereocenters. The van der Waals surface area contributed by atoms with Crippen LogP contribution in [0.15, 0.2) is 11.6 Å². The van der Waals surface area contributed by atoms with Gasteiger partial charge in [-0.05, 0) is 86.0 Å². The Labute approximate surface area is 129 Å². The van der Waals surface area contributed by atoms with Crippen LogP contribution in [0.5, 0.6) is 0 Å². The molecule has 4 rings (SSSR count). The molecule has 0 aromatic carbocycles. The number of hydrogen-bond donors (Lipinski definition) is 0. The van der Waals surface area contributed by atoms with Gasteiger partial charge in [-0.25, -0.2) is 0 Å². The lowest BCUT2D eigenvalue weighted by atomic mass is 9.51. The van der Waals surface area contributed by atoms with Gasteiger partial charge in [-0.1, -0.05) is 25.8 Å². The van der Waals surface area contributed by atoms with Crippen molar-refractivity contribution in [1.82, 2.24) is 0 Å². The predicted octanol–water partition coefficient (Wildman–Crippen LogP) is 5.15. The Hall–Kier alpha value is -0.590. The van der Waals surface area contributed by atoms with Crippen LogP contribution in [0.25, 0.3) is 0 Å². The van der Waals surface area contributed by atoms with Crippen molar-refractivity contribution in [3.63, 3.8) is 0 Å². The van der Waals surface area contributed by atoms with Crippen LogP contribution in [0, 0.1) is 35.0 Å². The molecule has 3 fully saturated rings. The van der Waals surface area contributed by atoms with Gasteiger partial charge < -0.3 is 0 Å². The van der Waals surface area contributed by atoms with Crippen LogP contribution < -0.4 is 0 Å². The standard InChI is InChI=1S/C20H30O/c1-3-14-5-9-19-18-7-4-13-12-15(21)6-8-16(13)17(18)10-11-20(14,19)2/h12,14,16-19H,3-11H2,1-2H3/t14?,16-,17+,18+,19-,20+/m0/s1. The van der Waals surface area contributed by atoms with Crippen molar-refractivity contribution in [3.8, 4) is 0 Å². The van der Waals surface area contributed by atoms with Gasteiger partial charge >= 0.3 is 0 Å². The van der Waals surface area contributed by atoms with E-state index in [4.69, 9.17) is 0 Å². The summed E-state index contributed by atoms with van der Waals surface area (Å²) >= 11 is 0. The maximum atomic E-state index is 11.7. The van der Waals surface area contributed by atoms with Crippen molar-refractivity contribution in [2.75, 3.05) is 0 Å². The van der Waals surface area contributed by atoms with Gasteiger partial charge in [0.1, 0.15) is 0 Å². The Morgan fingerprint density at radius 2 is 1.95 bits per heavy atom. The number of fused-ring (bicyclic) bond motifs is 5. The van der Waals surface area contributed by atoms with E-state index >= 15 is 0 Å². The molecule has 0 aliphatic heterocycles. The van der Waals surface area contributed by atoms with E-state index in [9.17, 15) is 4.79 Å². The third-order valence-electron chi connectivity index (χ3n) is 7.99. The summed E-state index contributed by atoms with van der Waals surface area (Å²) in [6.45, 7) is 5.02. The molecule has 0 bridgehead atoms. The summed E-state index contributed by atoms with van der Waals surface area (Å²) in [5, 5.41) is 0. The van der Waals surface area contributed by atoms with Gasteiger partial charge in [0.05, 0.1) is 0 Å². The van der Waals surface area contributed by atoms with Crippen molar-refractivity contribution in [1.29, 1.82) is 0 Å². The molecular formula is C20H30O. The van der Waals surface area contributed by atoms with Crippen molar-refractivity contribution in [3.05, 3.63) is 11.6 Å². The van der Waals surface area contributed by atoms with Gasteiger partial charge in [0, 0.05) is 6.42 Å². The van der Waals surface area contributed by atoms with E-state index < -0.39 is 0 Å². The minimum Gasteiger partial charge on any atom is -0.295 e. The van der Waals surface area contributed by atoms with E-state index in [1.807, 2.05) is 6.08 Å². The summed E-state index contributed by atoms with van der Waals surface area (Å²) in [6, 6.07) is 0. The first-order valence-electron chi connectivity index (χ1n) is 9.36. The minimum absolute atomic E-state index is 0.396. The lowest BCUT2D eigenvalue weighted by Gasteiger charge is -2.54. The molecule has 0 aromatic rings. The van der Waals surface area contributed by atoms with Crippen molar-refractivity contribution in [2.24, 2.45) is 35.0 Å². The second-order valence-electron chi connectivity index (χ2n) is 8.53. The van der Waals surface area contributed by atoms with Gasteiger partial charge in [0.15, 0.2) is 5.78 Å². The second-order valence-corrected chi connectivity index (χ2v) is 8.53. The fraction of sp³-hybridized carbons (Fsp3) is 0.850. The van der Waals surface area contributed by atoms with Crippen LogP contribution in [0.4, 0.5) is 0 Å². The van der Waals surface area contributed by atoms with E-state index in [2.05, 4.69) is 13.8 Å². The molecule has 0 spiro atoms. The summed E-state index contributed by atoms with van der Waals surface area (Å²) in [5.74, 6) is 5.01. The van der Waals surface area contributed by atoms with Gasteiger partial charge in [-0.15, -0.1) is 0 Å². The molecule has 0 saturated heterocycles. The highest BCUT2D eigenvalue weighted by Gasteiger charge is 2.55. The van der Waals surface area contributed by atoms with Gasteiger partial charge in [0.2, 0.25) is 0 Å². The summed E-state index contributed by atoms with van der Waals surface area (Å²) in [4.78, 5) is 11.7. The molecule has 116 valence electrons. The van der Waals surface area contributed by atoms with Crippen molar-refractivity contribution >= 4 is 5.78 Å². The zero-order chi connectivity index (χ0) is 14.6. The summed E-state index contributed by atoms with van der Waals surface area (Å²) in [7, 11) is 0. The summed E-state index contributed by atoms with van der Waals surface area (Å²) < 4.78 is 0. The highest BCUT2D eigenvalue weighted by Crippen LogP contribution is 2.64. The maximum absolute atomic E-state index is 11.7. The first-order valence-corrected chi connectivity index (χ1v) is 9.36. The first-order chi connectivity index (χ1) is 10.1. The fourth-order valence-electron chi connectivity index (χ4n) is 6.96. The quantitative estimate of drug-likeness (QED) is 0.651. The molecule has 3 saturated carbocycles. The van der Waals surface area contributed by atoms with E-state index in [-0.39, 0.29) is 0 Å². The smallest absolute Gasteiger partial charge is 0.155 e. The Bertz CT molecular complexity index is 476. The average molecular weight is 286 g/mol. The van der Waals surface area contributed by atoms with E-state index in [0.717, 1.165) is 42.4 Å². The number of allylic oxidation sites excluding steroid dienone is 1. The van der Waals surface area contributed by atoms with E-state index in [1.54, 1.807) is 0 Å². The first kappa shape index (κ1) is 14.0. The molecule has 0 aromatic heterocycles. The third kappa shape index (κ3) is 1.99. The van der Waals surface area contributed by atoms with Crippen LogP contribution in [0.3, 0.4) is 0 Å². The lowest BCUT2D eigenvalue weighted by Crippen LogP contribution is -2.46. The molecule has 1 nitrogen and oxygen atoms in total. The highest BCUT2D eigenvalue weighted by molar-refractivity contribution is 5.91. The SMILES string of the molecule is CCC1CC[C@H]2[C@@H]3CCC4=CC(=O)CC[C@@H]4[C@H]3CC[C@]12C. The molecule has 21 heavy (non-hydrogen) atoms. The number of ketones is 1. The average Bonchev–Trinajstić information content (AvgIpc) is 2.83. The molecule has 1 heteroatoms. The minimum atomic E-state index is 0.396. The van der Waals surface area contributed by atoms with E-state index in [0.29, 0.717) is 11.2 Å². The maximum Gasteiger partial charge on any atom is 0.155 e. The second kappa shape index (κ2) is 4.96. The third-order valence-corrected chi connectivity index (χ3v) is 7.99. The molecule has 4 aliphatic rings. The largest absolute Gasteiger partial charge is 0.295 e. The Morgan fingerprint density at radius 3 is 2.76 bits per heavy atom. The summed E-state index contributed by atoms with van der Waals surface area (Å²) in [6.07, 6.45) is 13.8. The molecule has 6 atom stereocenters. The Balaban J connectivity index is 1.61. The molecule has 0 N–H and O–H groups in total. The van der Waals surface area contributed by atoms with Crippen LogP contribution in [0.1, 0.15) is 71.6 Å². The zero-order valence-corrected chi connectivity index (χ0v) is 13.7. The number of hydrogen-bond acceptors (Lipinski definition) is 1. The number of carbonyl (C=O) groups excluding carboxylic acids is 1. The number of rotatable bonds is 1. The Morgan fingerprint density at radius 1 is 1.10 bits per heavy atom. The predicted molar refractivity (Wildman–Crippen MR) is 85.9 cm³/mol. The van der Waals surface area contributed by atoms with E-state index in [1.165, 1.54) is 50.5 Å². The van der Waals surface area contributed by atoms with Gasteiger partial charge in [-0.3, -0.25) is 4.79 Å². The van der Waals surface area contributed by atoms with Crippen LogP contribution in [-0.2, 0) is 4.79 Å². The van der Waals surface area contributed by atoms with Crippen LogP contribution in [-0.4, -0.2) is 5.78 Å². The van der Waals surface area contributed by atoms with Crippen molar-refractivity contribution in [2.45, 2.75) is 71.6 Å². The van der Waals surface area contributed by atoms with Crippen LogP contribution in [0.2, 0.25) is 0 Å². The highest BCUT2D eigenvalue weighted by atomic mass is 16.1. The van der Waals surface area contributed by atoms with Gasteiger partial charge in [-0.2, -0.15) is 0 Å². The molecule has 0 amide bonds. The number of carbonyl (C=O) groups is 1. The lowest BCUT2D eigenvalue weighted by molar-refractivity contribution is -0.116. The van der Waals surface area contributed by atoms with Gasteiger partial charge in [0.25, 0.3) is 0 Å². The topological polar surface area (TPSA) is 17.1 Å². The van der Waals surface area contributed by atoms with Crippen molar-refractivity contribution < 1.29 is 4.79 Å². The molecule has 0 heterocycles. The zero-order valence-electron chi connectivity index (χ0n) is 13.7. The fourth-order valence-corrected chi connectivity index (χ4v) is 6.96. The molecular weight excluding hydrogens is 256 g/mol. The normalized spacial score (nSPS) is 49.1. The molecule has 0 radical (unpaired) electrons. The van der Waals surface area contributed by atoms with Crippen LogP contribution >= 0.6 is 0 Å². The monoisotopic (exact) mass is 286 g/mol. The Kier molecular flexibility index (Phi) is 3.32.